The van der Waals surface area contributed by atoms with Crippen LogP contribution in [0.1, 0.15) is 5.56 Å². The minimum atomic E-state index is -0.371. The Morgan fingerprint density at radius 2 is 2.27 bits per heavy atom. The fourth-order valence-corrected chi connectivity index (χ4v) is 1.88. The van der Waals surface area contributed by atoms with Crippen LogP contribution in [0.2, 0.25) is 5.15 Å². The lowest BCUT2D eigenvalue weighted by Gasteiger charge is -2.04. The zero-order valence-corrected chi connectivity index (χ0v) is 9.40. The highest BCUT2D eigenvalue weighted by Gasteiger charge is 2.09. The number of benzene rings is 1. The van der Waals surface area contributed by atoms with Gasteiger partial charge in [-0.25, -0.2) is 4.39 Å². The van der Waals surface area contributed by atoms with Gasteiger partial charge in [-0.2, -0.15) is 4.98 Å². The molecule has 2 rings (SSSR count). The van der Waals surface area contributed by atoms with E-state index in [9.17, 15) is 4.39 Å². The van der Waals surface area contributed by atoms with Gasteiger partial charge in [-0.05, 0) is 18.6 Å². The Hall–Kier alpha value is -1.13. The predicted octanol–water partition coefficient (Wildman–Crippen LogP) is 4.04. The molecule has 0 N–H and O–H groups in total. The summed E-state index contributed by atoms with van der Waals surface area (Å²) >= 11 is 6.85. The first kappa shape index (κ1) is 10.4. The quantitative estimate of drug-likeness (QED) is 0.794. The Bertz CT molecular complexity index is 486. The van der Waals surface area contributed by atoms with Crippen LogP contribution in [0.4, 0.5) is 4.39 Å². The molecule has 0 amide bonds. The highest BCUT2D eigenvalue weighted by molar-refractivity contribution is 7.11. The van der Waals surface area contributed by atoms with E-state index in [1.807, 2.05) is 0 Å². The molecule has 1 aromatic heterocycles. The number of hydrogen-bond acceptors (Lipinski definition) is 3. The van der Waals surface area contributed by atoms with Gasteiger partial charge in [0.2, 0.25) is 0 Å². The van der Waals surface area contributed by atoms with Gasteiger partial charge in [0.15, 0.2) is 11.6 Å². The first-order valence-electron chi connectivity index (χ1n) is 4.21. The molecular weight excluding hydrogens is 237 g/mol. The van der Waals surface area contributed by atoms with E-state index in [1.54, 1.807) is 30.5 Å². The third-order valence-electron chi connectivity index (χ3n) is 1.81. The van der Waals surface area contributed by atoms with Crippen LogP contribution in [0, 0.1) is 12.7 Å². The summed E-state index contributed by atoms with van der Waals surface area (Å²) in [5, 5.41) is 2.32. The van der Waals surface area contributed by atoms with Gasteiger partial charge in [-0.1, -0.05) is 35.1 Å². The summed E-state index contributed by atoms with van der Waals surface area (Å²) < 4.78 is 18.8. The third kappa shape index (κ3) is 2.27. The van der Waals surface area contributed by atoms with Gasteiger partial charge in [0.25, 0.3) is 5.19 Å². The molecule has 0 aliphatic rings. The van der Waals surface area contributed by atoms with E-state index in [0.29, 0.717) is 15.9 Å². The molecule has 0 unspecified atom stereocenters. The van der Waals surface area contributed by atoms with Gasteiger partial charge >= 0.3 is 0 Å². The average molecular weight is 244 g/mol. The Morgan fingerprint density at radius 3 is 2.93 bits per heavy atom. The largest absolute Gasteiger partial charge is 0.428 e. The summed E-state index contributed by atoms with van der Waals surface area (Å²) in [7, 11) is 0. The van der Waals surface area contributed by atoms with Crippen molar-refractivity contribution in [2.45, 2.75) is 6.92 Å². The standard InChI is InChI=1S/C10H7ClFNOS/c1-6-3-2-4-7(9(6)12)14-10-13-8(11)5-15-10/h2-5H,1H3. The highest BCUT2D eigenvalue weighted by atomic mass is 35.5. The topological polar surface area (TPSA) is 22.1 Å². The lowest BCUT2D eigenvalue weighted by molar-refractivity contribution is 0.437. The van der Waals surface area contributed by atoms with E-state index in [2.05, 4.69) is 4.98 Å². The number of nitrogens with zero attached hydrogens (tertiary/aromatic N) is 1. The molecule has 0 radical (unpaired) electrons. The summed E-state index contributed by atoms with van der Waals surface area (Å²) in [6.45, 7) is 1.68. The molecule has 0 aliphatic heterocycles. The summed E-state index contributed by atoms with van der Waals surface area (Å²) in [4.78, 5) is 3.87. The van der Waals surface area contributed by atoms with Crippen molar-refractivity contribution in [3.63, 3.8) is 0 Å². The number of aryl methyl sites for hydroxylation is 1. The first-order valence-corrected chi connectivity index (χ1v) is 5.46. The smallest absolute Gasteiger partial charge is 0.280 e. The summed E-state index contributed by atoms with van der Waals surface area (Å²) in [6, 6.07) is 4.96. The van der Waals surface area contributed by atoms with Crippen LogP contribution in [-0.2, 0) is 0 Å². The van der Waals surface area contributed by atoms with Crippen molar-refractivity contribution in [1.29, 1.82) is 0 Å². The molecule has 15 heavy (non-hydrogen) atoms. The first-order chi connectivity index (χ1) is 7.16. The molecule has 0 bridgehead atoms. The number of aromatic nitrogens is 1. The zero-order valence-electron chi connectivity index (χ0n) is 7.83. The number of hydrogen-bond donors (Lipinski definition) is 0. The molecule has 0 saturated heterocycles. The van der Waals surface area contributed by atoms with Crippen LogP contribution in [0.25, 0.3) is 0 Å². The summed E-state index contributed by atoms with van der Waals surface area (Å²) in [6.07, 6.45) is 0. The van der Waals surface area contributed by atoms with Crippen molar-refractivity contribution < 1.29 is 9.13 Å². The van der Waals surface area contributed by atoms with E-state index in [0.717, 1.165) is 0 Å². The van der Waals surface area contributed by atoms with Gasteiger partial charge in [0.05, 0.1) is 0 Å². The number of ether oxygens (including phenoxy) is 1. The molecule has 2 nitrogen and oxygen atoms in total. The maximum atomic E-state index is 13.5. The second kappa shape index (κ2) is 4.16. The van der Waals surface area contributed by atoms with E-state index in [1.165, 1.54) is 11.3 Å². The van der Waals surface area contributed by atoms with Crippen molar-refractivity contribution in [3.8, 4) is 10.9 Å². The third-order valence-corrected chi connectivity index (χ3v) is 2.85. The second-order valence-electron chi connectivity index (χ2n) is 2.93. The molecule has 1 heterocycles. The predicted molar refractivity (Wildman–Crippen MR) is 58.3 cm³/mol. The second-order valence-corrected chi connectivity index (χ2v) is 4.13. The van der Waals surface area contributed by atoms with Crippen molar-refractivity contribution in [3.05, 3.63) is 40.1 Å². The van der Waals surface area contributed by atoms with Crippen LogP contribution in [0.3, 0.4) is 0 Å². The van der Waals surface area contributed by atoms with Crippen LogP contribution >= 0.6 is 22.9 Å². The van der Waals surface area contributed by atoms with E-state index >= 15 is 0 Å². The Balaban J connectivity index is 2.28. The van der Waals surface area contributed by atoms with Gasteiger partial charge in [0.1, 0.15) is 5.15 Å². The fourth-order valence-electron chi connectivity index (χ4n) is 1.08. The van der Waals surface area contributed by atoms with Crippen molar-refractivity contribution >= 4 is 22.9 Å². The van der Waals surface area contributed by atoms with Gasteiger partial charge in [0, 0.05) is 5.38 Å². The average Bonchev–Trinajstić information content (AvgIpc) is 2.59. The van der Waals surface area contributed by atoms with Crippen molar-refractivity contribution in [2.24, 2.45) is 0 Å². The van der Waals surface area contributed by atoms with Crippen LogP contribution in [0.5, 0.6) is 10.9 Å². The maximum Gasteiger partial charge on any atom is 0.280 e. The maximum absolute atomic E-state index is 13.5. The van der Waals surface area contributed by atoms with Gasteiger partial charge in [-0.15, -0.1) is 0 Å². The lowest BCUT2D eigenvalue weighted by Crippen LogP contribution is -1.89. The van der Waals surface area contributed by atoms with E-state index < -0.39 is 0 Å². The number of halogens is 2. The van der Waals surface area contributed by atoms with Crippen LogP contribution < -0.4 is 4.74 Å². The lowest BCUT2D eigenvalue weighted by atomic mass is 10.2. The Labute approximate surface area is 95.3 Å². The summed E-state index contributed by atoms with van der Waals surface area (Å²) in [5.41, 5.74) is 0.537. The van der Waals surface area contributed by atoms with E-state index in [-0.39, 0.29) is 11.6 Å². The van der Waals surface area contributed by atoms with Gasteiger partial charge < -0.3 is 4.74 Å². The molecule has 0 saturated carbocycles. The Kier molecular flexibility index (Phi) is 2.88. The molecule has 78 valence electrons. The molecular formula is C10H7ClFNOS. The van der Waals surface area contributed by atoms with Crippen molar-refractivity contribution in [1.82, 2.24) is 4.98 Å². The molecule has 0 aliphatic carbocycles. The minimum absolute atomic E-state index is 0.168. The highest BCUT2D eigenvalue weighted by Crippen LogP contribution is 2.29. The molecule has 0 atom stereocenters. The Morgan fingerprint density at radius 1 is 1.47 bits per heavy atom. The molecule has 1 aromatic carbocycles. The number of rotatable bonds is 2. The number of thiazole rings is 1. The monoisotopic (exact) mass is 243 g/mol. The molecule has 2 aromatic rings. The minimum Gasteiger partial charge on any atom is -0.428 e. The molecule has 5 heteroatoms. The molecule has 0 fully saturated rings. The fraction of sp³-hybridized carbons (Fsp3) is 0.100. The van der Waals surface area contributed by atoms with Gasteiger partial charge in [-0.3, -0.25) is 0 Å². The molecule has 0 spiro atoms. The van der Waals surface area contributed by atoms with Crippen LogP contribution in [0.15, 0.2) is 23.6 Å². The van der Waals surface area contributed by atoms with Crippen LogP contribution in [-0.4, -0.2) is 4.98 Å². The zero-order chi connectivity index (χ0) is 10.8. The van der Waals surface area contributed by atoms with E-state index in [4.69, 9.17) is 16.3 Å². The SMILES string of the molecule is Cc1cccc(Oc2nc(Cl)cs2)c1F. The normalized spacial score (nSPS) is 10.3. The van der Waals surface area contributed by atoms with Crippen molar-refractivity contribution in [2.75, 3.05) is 0 Å². The summed E-state index contributed by atoms with van der Waals surface area (Å²) in [5.74, 6) is -0.204.